The molecule has 3 N–H and O–H groups in total. The second-order valence-corrected chi connectivity index (χ2v) is 9.53. The van der Waals surface area contributed by atoms with E-state index in [2.05, 4.69) is 36.5 Å². The number of aromatic nitrogens is 6. The van der Waals surface area contributed by atoms with Gasteiger partial charge in [0.15, 0.2) is 5.82 Å². The van der Waals surface area contributed by atoms with E-state index < -0.39 is 0 Å². The van der Waals surface area contributed by atoms with E-state index in [0.717, 1.165) is 55.4 Å². The van der Waals surface area contributed by atoms with Gasteiger partial charge < -0.3 is 10.3 Å². The van der Waals surface area contributed by atoms with Gasteiger partial charge >= 0.3 is 0 Å². The van der Waals surface area contributed by atoms with Gasteiger partial charge in [0.25, 0.3) is 0 Å². The zero-order valence-electron chi connectivity index (χ0n) is 21.3. The zero-order valence-corrected chi connectivity index (χ0v) is 21.3. The quantitative estimate of drug-likeness (QED) is 0.234. The van der Waals surface area contributed by atoms with Gasteiger partial charge in [-0.1, -0.05) is 54.6 Å². The topological polar surface area (TPSA) is 112 Å². The number of hydrogen-bond acceptors (Lipinski definition) is 5. The van der Waals surface area contributed by atoms with Crippen molar-refractivity contribution in [3.05, 3.63) is 115 Å². The molecule has 8 heteroatoms. The summed E-state index contributed by atoms with van der Waals surface area (Å²) in [7, 11) is 0. The van der Waals surface area contributed by atoms with Crippen LogP contribution in [0.15, 0.2) is 110 Å². The third kappa shape index (κ3) is 4.48. The van der Waals surface area contributed by atoms with Gasteiger partial charge in [-0.05, 0) is 41.5 Å². The van der Waals surface area contributed by atoms with Crippen molar-refractivity contribution in [1.29, 1.82) is 0 Å². The second kappa shape index (κ2) is 9.92. The summed E-state index contributed by atoms with van der Waals surface area (Å²) in [6.45, 7) is 0. The normalized spacial score (nSPS) is 11.2. The molecule has 0 aliphatic heterocycles. The lowest BCUT2D eigenvalue weighted by Gasteiger charge is -2.08. The van der Waals surface area contributed by atoms with Crippen LogP contribution in [0.4, 0.5) is 5.69 Å². The molecule has 0 aliphatic carbocycles. The van der Waals surface area contributed by atoms with Crippen LogP contribution in [0.1, 0.15) is 5.56 Å². The number of nitrogens with zero attached hydrogens (tertiary/aromatic N) is 4. The van der Waals surface area contributed by atoms with Crippen molar-refractivity contribution in [2.45, 2.75) is 6.42 Å². The monoisotopic (exact) mass is 521 g/mol. The average Bonchev–Trinajstić information content (AvgIpc) is 3.62. The highest BCUT2D eigenvalue weighted by Crippen LogP contribution is 2.33. The standard InChI is InChI=1S/C32H23N7O/c40-29(14-20-6-2-1-3-7-20)35-24-15-23(18-34-19-24)21-11-12-27-26(16-21)31(39-38-27)32-36-28-10-4-9-25(30(28)37-32)22-8-5-13-33-17-22/h1-13,15-19H,14H2,(H,35,40)(H,36,37)(H,38,39). The van der Waals surface area contributed by atoms with Gasteiger partial charge in [-0.3, -0.25) is 19.9 Å². The molecule has 0 saturated carbocycles. The number of hydrogen-bond donors (Lipinski definition) is 3. The van der Waals surface area contributed by atoms with Gasteiger partial charge in [0.05, 0.1) is 34.9 Å². The molecule has 7 aromatic rings. The number of carbonyl (C=O) groups excluding carboxylic acids is 1. The van der Waals surface area contributed by atoms with Crippen LogP contribution in [0.2, 0.25) is 0 Å². The molecule has 0 fully saturated rings. The Kier molecular flexibility index (Phi) is 5.82. The Morgan fingerprint density at radius 1 is 0.775 bits per heavy atom. The van der Waals surface area contributed by atoms with Gasteiger partial charge in [-0.15, -0.1) is 0 Å². The van der Waals surface area contributed by atoms with Crippen molar-refractivity contribution in [1.82, 2.24) is 30.1 Å². The Morgan fingerprint density at radius 2 is 1.68 bits per heavy atom. The number of para-hydroxylation sites is 1. The highest BCUT2D eigenvalue weighted by molar-refractivity contribution is 5.98. The Labute approximate surface area is 229 Å². The molecule has 40 heavy (non-hydrogen) atoms. The number of pyridine rings is 2. The first kappa shape index (κ1) is 23.5. The molecule has 4 aromatic heterocycles. The van der Waals surface area contributed by atoms with E-state index in [1.807, 2.05) is 85.1 Å². The fraction of sp³-hybridized carbons (Fsp3) is 0.0312. The Bertz CT molecular complexity index is 1980. The molecular formula is C32H23N7O. The van der Waals surface area contributed by atoms with E-state index in [-0.39, 0.29) is 5.91 Å². The van der Waals surface area contributed by atoms with Crippen LogP contribution in [-0.4, -0.2) is 36.0 Å². The van der Waals surface area contributed by atoms with Crippen LogP contribution in [0.5, 0.6) is 0 Å². The molecule has 0 atom stereocenters. The van der Waals surface area contributed by atoms with E-state index in [1.54, 1.807) is 18.6 Å². The average molecular weight is 522 g/mol. The van der Waals surface area contributed by atoms with Crippen LogP contribution < -0.4 is 5.32 Å². The number of benzene rings is 3. The molecule has 0 unspecified atom stereocenters. The molecule has 192 valence electrons. The van der Waals surface area contributed by atoms with E-state index in [0.29, 0.717) is 17.9 Å². The van der Waals surface area contributed by atoms with Crippen LogP contribution in [0.3, 0.4) is 0 Å². The number of H-pyrrole nitrogens is 2. The Morgan fingerprint density at radius 3 is 2.55 bits per heavy atom. The first-order valence-electron chi connectivity index (χ1n) is 12.9. The molecule has 0 saturated heterocycles. The molecule has 8 nitrogen and oxygen atoms in total. The lowest BCUT2D eigenvalue weighted by Crippen LogP contribution is -2.14. The third-order valence-electron chi connectivity index (χ3n) is 6.84. The minimum absolute atomic E-state index is 0.0896. The van der Waals surface area contributed by atoms with E-state index in [1.165, 1.54) is 0 Å². The number of anilines is 1. The predicted molar refractivity (Wildman–Crippen MR) is 156 cm³/mol. The number of fused-ring (bicyclic) bond motifs is 2. The zero-order chi connectivity index (χ0) is 26.9. The van der Waals surface area contributed by atoms with Crippen molar-refractivity contribution in [3.63, 3.8) is 0 Å². The molecule has 0 aliphatic rings. The maximum Gasteiger partial charge on any atom is 0.228 e. The van der Waals surface area contributed by atoms with Gasteiger partial charge in [0.1, 0.15) is 5.69 Å². The van der Waals surface area contributed by atoms with Crippen LogP contribution in [0.25, 0.3) is 55.7 Å². The molecule has 0 bridgehead atoms. The smallest absolute Gasteiger partial charge is 0.228 e. The SMILES string of the molecule is O=C(Cc1ccccc1)Nc1cncc(-c2ccc3[nH]nc(-c4nc5c(-c6cccnc6)cccc5[nH]4)c3c2)c1. The second-order valence-electron chi connectivity index (χ2n) is 9.53. The summed E-state index contributed by atoms with van der Waals surface area (Å²) in [5, 5.41) is 11.6. The summed E-state index contributed by atoms with van der Waals surface area (Å²) in [5.74, 6) is 0.586. The number of nitrogens with one attached hydrogen (secondary N) is 3. The Hall–Kier alpha value is -5.63. The fourth-order valence-corrected chi connectivity index (χ4v) is 4.93. The summed E-state index contributed by atoms with van der Waals surface area (Å²) in [6, 6.07) is 27.7. The van der Waals surface area contributed by atoms with E-state index >= 15 is 0 Å². The fourth-order valence-electron chi connectivity index (χ4n) is 4.93. The molecule has 0 spiro atoms. The molecule has 4 heterocycles. The summed E-state index contributed by atoms with van der Waals surface area (Å²) in [4.78, 5) is 29.6. The minimum atomic E-state index is -0.0896. The summed E-state index contributed by atoms with van der Waals surface area (Å²) >= 11 is 0. The van der Waals surface area contributed by atoms with Gasteiger partial charge in [-0.2, -0.15) is 5.10 Å². The molecule has 3 aromatic carbocycles. The van der Waals surface area contributed by atoms with Crippen molar-refractivity contribution in [3.8, 4) is 33.8 Å². The summed E-state index contributed by atoms with van der Waals surface area (Å²) < 4.78 is 0. The summed E-state index contributed by atoms with van der Waals surface area (Å²) in [5.41, 5.74) is 8.86. The van der Waals surface area contributed by atoms with Crippen LogP contribution in [0, 0.1) is 0 Å². The molecule has 7 rings (SSSR count). The first-order valence-corrected chi connectivity index (χ1v) is 12.9. The highest BCUT2D eigenvalue weighted by atomic mass is 16.1. The van der Waals surface area contributed by atoms with Gasteiger partial charge in [0.2, 0.25) is 5.91 Å². The lowest BCUT2D eigenvalue weighted by atomic mass is 10.0. The minimum Gasteiger partial charge on any atom is -0.337 e. The van der Waals surface area contributed by atoms with Crippen molar-refractivity contribution in [2.24, 2.45) is 0 Å². The van der Waals surface area contributed by atoms with Crippen LogP contribution >= 0.6 is 0 Å². The number of aromatic amines is 2. The van der Waals surface area contributed by atoms with Crippen molar-refractivity contribution in [2.75, 3.05) is 5.32 Å². The van der Waals surface area contributed by atoms with E-state index in [9.17, 15) is 4.79 Å². The number of carbonyl (C=O) groups is 1. The maximum atomic E-state index is 12.6. The van der Waals surface area contributed by atoms with Crippen molar-refractivity contribution < 1.29 is 4.79 Å². The van der Waals surface area contributed by atoms with Gasteiger partial charge in [-0.25, -0.2) is 4.98 Å². The number of imidazole rings is 1. The van der Waals surface area contributed by atoms with Crippen molar-refractivity contribution >= 4 is 33.5 Å². The largest absolute Gasteiger partial charge is 0.337 e. The molecule has 0 radical (unpaired) electrons. The third-order valence-corrected chi connectivity index (χ3v) is 6.84. The Balaban J connectivity index is 1.21. The van der Waals surface area contributed by atoms with E-state index in [4.69, 9.17) is 4.98 Å². The number of rotatable bonds is 6. The first-order chi connectivity index (χ1) is 19.7. The summed E-state index contributed by atoms with van der Waals surface area (Å²) in [6.07, 6.45) is 7.34. The van der Waals surface area contributed by atoms with Crippen LogP contribution in [-0.2, 0) is 11.2 Å². The highest BCUT2D eigenvalue weighted by Gasteiger charge is 2.16. The maximum absolute atomic E-state index is 12.6. The number of amides is 1. The lowest BCUT2D eigenvalue weighted by molar-refractivity contribution is -0.115. The molecule has 1 amide bonds. The van der Waals surface area contributed by atoms with Gasteiger partial charge in [0, 0.05) is 40.7 Å². The predicted octanol–water partition coefficient (Wildman–Crippen LogP) is 6.41. The molecular weight excluding hydrogens is 498 g/mol.